The van der Waals surface area contributed by atoms with E-state index >= 15 is 0 Å². The van der Waals surface area contributed by atoms with E-state index in [0.717, 1.165) is 36.0 Å². The van der Waals surface area contributed by atoms with E-state index in [9.17, 15) is 10.1 Å². The Morgan fingerprint density at radius 1 is 1.36 bits per heavy atom. The summed E-state index contributed by atoms with van der Waals surface area (Å²) in [4.78, 5) is 16.1. The van der Waals surface area contributed by atoms with Crippen molar-refractivity contribution in [3.63, 3.8) is 0 Å². The van der Waals surface area contributed by atoms with Crippen molar-refractivity contribution < 1.29 is 4.79 Å². The van der Waals surface area contributed by atoms with Crippen molar-refractivity contribution in [1.29, 1.82) is 5.26 Å². The number of piperazine rings is 1. The van der Waals surface area contributed by atoms with Crippen molar-refractivity contribution in [2.45, 2.75) is 32.2 Å². The quantitative estimate of drug-likeness (QED) is 0.805. The van der Waals surface area contributed by atoms with Crippen LogP contribution in [0.1, 0.15) is 37.8 Å². The fraction of sp³-hybridized carbons (Fsp3) is 0.529. The molecule has 0 saturated carbocycles. The van der Waals surface area contributed by atoms with Crippen molar-refractivity contribution in [3.8, 4) is 6.07 Å². The predicted molar refractivity (Wildman–Crippen MR) is 90.2 cm³/mol. The molecular weight excluding hydrogens is 342 g/mol. The second-order valence-electron chi connectivity index (χ2n) is 5.61. The fourth-order valence-corrected chi connectivity index (χ4v) is 3.18. The highest BCUT2D eigenvalue weighted by Gasteiger charge is 2.26. The lowest BCUT2D eigenvalue weighted by atomic mass is 10.1. The molecule has 1 saturated heterocycles. The lowest BCUT2D eigenvalue weighted by molar-refractivity contribution is -0.133. The number of nitrogens with zero attached hydrogens (tertiary/aromatic N) is 3. The molecule has 2 rings (SSSR count). The van der Waals surface area contributed by atoms with Crippen LogP contribution in [0.15, 0.2) is 28.7 Å². The van der Waals surface area contributed by atoms with Gasteiger partial charge < -0.3 is 4.90 Å². The number of nitriles is 1. The van der Waals surface area contributed by atoms with Gasteiger partial charge in [0.15, 0.2) is 0 Å². The summed E-state index contributed by atoms with van der Waals surface area (Å²) in [7, 11) is 0. The Kier molecular flexibility index (Phi) is 6.41. The number of hydrogen-bond donors (Lipinski definition) is 0. The van der Waals surface area contributed by atoms with Crippen LogP contribution in [-0.4, -0.2) is 41.9 Å². The fourth-order valence-electron chi connectivity index (χ4n) is 2.76. The van der Waals surface area contributed by atoms with Crippen LogP contribution in [0.4, 0.5) is 0 Å². The molecule has 0 bridgehead atoms. The molecule has 1 aromatic rings. The first-order chi connectivity index (χ1) is 10.7. The first kappa shape index (κ1) is 17.0. The topological polar surface area (TPSA) is 47.3 Å². The number of carbonyl (C=O) groups is 1. The van der Waals surface area contributed by atoms with E-state index in [1.807, 2.05) is 29.2 Å². The standard InChI is InChI=1S/C17H22BrN3O/c1-2-3-7-17(22)21-10-8-20(9-11-21)16(13-19)14-5-4-6-15(18)12-14/h4-6,12,16H,2-3,7-11H2,1H3. The summed E-state index contributed by atoms with van der Waals surface area (Å²) < 4.78 is 0.985. The molecule has 1 amide bonds. The molecular formula is C17H22BrN3O. The maximum Gasteiger partial charge on any atom is 0.222 e. The monoisotopic (exact) mass is 363 g/mol. The zero-order valence-corrected chi connectivity index (χ0v) is 14.6. The minimum Gasteiger partial charge on any atom is -0.340 e. The molecule has 1 atom stereocenters. The van der Waals surface area contributed by atoms with Crippen LogP contribution in [0.2, 0.25) is 0 Å². The van der Waals surface area contributed by atoms with Crippen molar-refractivity contribution in [3.05, 3.63) is 34.3 Å². The molecule has 1 aliphatic heterocycles. The van der Waals surface area contributed by atoms with Gasteiger partial charge in [0.2, 0.25) is 5.91 Å². The average molecular weight is 364 g/mol. The first-order valence-corrected chi connectivity index (χ1v) is 8.62. The number of amides is 1. The van der Waals surface area contributed by atoms with Crippen LogP contribution >= 0.6 is 15.9 Å². The molecule has 0 spiro atoms. The van der Waals surface area contributed by atoms with E-state index in [2.05, 4.69) is 33.8 Å². The highest BCUT2D eigenvalue weighted by atomic mass is 79.9. The summed E-state index contributed by atoms with van der Waals surface area (Å²) in [6.45, 7) is 5.04. The Labute approximate surface area is 140 Å². The Morgan fingerprint density at radius 3 is 2.68 bits per heavy atom. The third-order valence-corrected chi connectivity index (χ3v) is 4.56. The van der Waals surface area contributed by atoms with Gasteiger partial charge in [-0.2, -0.15) is 5.26 Å². The second-order valence-corrected chi connectivity index (χ2v) is 6.52. The van der Waals surface area contributed by atoms with Gasteiger partial charge in [0.25, 0.3) is 0 Å². The second kappa shape index (κ2) is 8.30. The van der Waals surface area contributed by atoms with Crippen LogP contribution in [0.25, 0.3) is 0 Å². The average Bonchev–Trinajstić information content (AvgIpc) is 2.54. The van der Waals surface area contributed by atoms with E-state index in [0.29, 0.717) is 19.5 Å². The SMILES string of the molecule is CCCCC(=O)N1CCN(C(C#N)c2cccc(Br)c2)CC1. The molecule has 1 aliphatic rings. The number of benzene rings is 1. The number of rotatable bonds is 5. The van der Waals surface area contributed by atoms with Crippen LogP contribution in [-0.2, 0) is 4.79 Å². The molecule has 0 aliphatic carbocycles. The maximum absolute atomic E-state index is 12.1. The highest BCUT2D eigenvalue weighted by molar-refractivity contribution is 9.10. The van der Waals surface area contributed by atoms with E-state index in [4.69, 9.17) is 0 Å². The van der Waals surface area contributed by atoms with E-state index in [1.165, 1.54) is 0 Å². The summed E-state index contributed by atoms with van der Waals surface area (Å²) in [5, 5.41) is 9.53. The molecule has 22 heavy (non-hydrogen) atoms. The van der Waals surface area contributed by atoms with Crippen LogP contribution in [0, 0.1) is 11.3 Å². The smallest absolute Gasteiger partial charge is 0.222 e. The third-order valence-electron chi connectivity index (χ3n) is 4.06. The number of unbranched alkanes of at least 4 members (excludes halogenated alkanes) is 1. The zero-order valence-electron chi connectivity index (χ0n) is 13.0. The molecule has 1 fully saturated rings. The van der Waals surface area contributed by atoms with Gasteiger partial charge in [-0.25, -0.2) is 0 Å². The number of halogens is 1. The normalized spacial score (nSPS) is 17.0. The van der Waals surface area contributed by atoms with Gasteiger partial charge in [0.1, 0.15) is 6.04 Å². The Bertz CT molecular complexity index is 547. The van der Waals surface area contributed by atoms with Gasteiger partial charge >= 0.3 is 0 Å². The van der Waals surface area contributed by atoms with Crippen LogP contribution < -0.4 is 0 Å². The summed E-state index contributed by atoms with van der Waals surface area (Å²) in [5.41, 5.74) is 1.00. The summed E-state index contributed by atoms with van der Waals surface area (Å²) in [6.07, 6.45) is 2.65. The lowest BCUT2D eigenvalue weighted by Crippen LogP contribution is -2.49. The number of carbonyl (C=O) groups excluding carboxylic acids is 1. The third kappa shape index (κ3) is 4.31. The lowest BCUT2D eigenvalue weighted by Gasteiger charge is -2.37. The van der Waals surface area contributed by atoms with Gasteiger partial charge in [-0.1, -0.05) is 41.4 Å². The summed E-state index contributed by atoms with van der Waals surface area (Å²) in [5.74, 6) is 0.248. The largest absolute Gasteiger partial charge is 0.340 e. The van der Waals surface area contributed by atoms with Crippen LogP contribution in [0.5, 0.6) is 0 Å². The Balaban J connectivity index is 1.95. The predicted octanol–water partition coefficient (Wildman–Crippen LogP) is 3.35. The van der Waals surface area contributed by atoms with Crippen molar-refractivity contribution in [2.75, 3.05) is 26.2 Å². The molecule has 118 valence electrons. The van der Waals surface area contributed by atoms with Gasteiger partial charge in [-0.3, -0.25) is 9.69 Å². The minimum absolute atomic E-state index is 0.245. The zero-order chi connectivity index (χ0) is 15.9. The summed E-state index contributed by atoms with van der Waals surface area (Å²) in [6, 6.07) is 10.0. The van der Waals surface area contributed by atoms with Crippen LogP contribution in [0.3, 0.4) is 0 Å². The van der Waals surface area contributed by atoms with Gasteiger partial charge in [-0.05, 0) is 24.1 Å². The number of hydrogen-bond acceptors (Lipinski definition) is 3. The molecule has 0 aromatic heterocycles. The van der Waals surface area contributed by atoms with Crippen molar-refractivity contribution >= 4 is 21.8 Å². The molecule has 0 N–H and O–H groups in total. The minimum atomic E-state index is -0.245. The first-order valence-electron chi connectivity index (χ1n) is 7.82. The molecule has 4 nitrogen and oxygen atoms in total. The maximum atomic E-state index is 12.1. The van der Waals surface area contributed by atoms with Gasteiger partial charge in [-0.15, -0.1) is 0 Å². The molecule has 1 heterocycles. The Hall–Kier alpha value is -1.38. The van der Waals surface area contributed by atoms with Gasteiger partial charge in [0.05, 0.1) is 6.07 Å². The molecule has 5 heteroatoms. The highest BCUT2D eigenvalue weighted by Crippen LogP contribution is 2.24. The molecule has 1 aromatic carbocycles. The molecule has 0 radical (unpaired) electrons. The molecule has 1 unspecified atom stereocenters. The van der Waals surface area contributed by atoms with E-state index in [-0.39, 0.29) is 11.9 Å². The summed E-state index contributed by atoms with van der Waals surface area (Å²) >= 11 is 3.46. The van der Waals surface area contributed by atoms with E-state index < -0.39 is 0 Å². The Morgan fingerprint density at radius 2 is 2.09 bits per heavy atom. The van der Waals surface area contributed by atoms with Gasteiger partial charge in [0, 0.05) is 37.1 Å². The van der Waals surface area contributed by atoms with Crippen molar-refractivity contribution in [1.82, 2.24) is 9.80 Å². The van der Waals surface area contributed by atoms with E-state index in [1.54, 1.807) is 0 Å². The van der Waals surface area contributed by atoms with Crippen molar-refractivity contribution in [2.24, 2.45) is 0 Å².